The van der Waals surface area contributed by atoms with Gasteiger partial charge in [0.15, 0.2) is 0 Å². The second kappa shape index (κ2) is 6.75. The zero-order chi connectivity index (χ0) is 13.8. The van der Waals surface area contributed by atoms with Crippen LogP contribution in [0.4, 0.5) is 0 Å². The minimum Gasteiger partial charge on any atom is -0.486 e. The number of halogens is 3. The first kappa shape index (κ1) is 14.9. The van der Waals surface area contributed by atoms with E-state index in [-0.39, 0.29) is 0 Å². The highest BCUT2D eigenvalue weighted by Crippen LogP contribution is 2.35. The van der Waals surface area contributed by atoms with Gasteiger partial charge in [-0.25, -0.2) is 0 Å². The van der Waals surface area contributed by atoms with Crippen LogP contribution in [0.5, 0.6) is 5.75 Å². The topological polar surface area (TPSA) is 35.2 Å². The fourth-order valence-electron chi connectivity index (χ4n) is 1.63. The van der Waals surface area contributed by atoms with Crippen molar-refractivity contribution in [3.05, 3.63) is 61.5 Å². The van der Waals surface area contributed by atoms with Gasteiger partial charge in [0.1, 0.15) is 12.4 Å². The molecule has 0 saturated carbocycles. The summed E-state index contributed by atoms with van der Waals surface area (Å²) in [6.45, 7) is 0.904. The number of rotatable bonds is 4. The van der Waals surface area contributed by atoms with Crippen molar-refractivity contribution in [3.8, 4) is 5.75 Å². The average Bonchev–Trinajstić information content (AvgIpc) is 2.39. The molecule has 0 heterocycles. The van der Waals surface area contributed by atoms with Gasteiger partial charge in [0.2, 0.25) is 0 Å². The molecule has 0 atom stereocenters. The molecular weight excluding hydrogens is 393 g/mol. The maximum Gasteiger partial charge on any atom is 0.148 e. The monoisotopic (exact) mass is 403 g/mol. The molecule has 0 fully saturated rings. The molecule has 5 heteroatoms. The van der Waals surface area contributed by atoms with Gasteiger partial charge in [-0.2, -0.15) is 0 Å². The van der Waals surface area contributed by atoms with Crippen LogP contribution in [0.1, 0.15) is 11.1 Å². The molecule has 2 nitrogen and oxygen atoms in total. The van der Waals surface area contributed by atoms with Gasteiger partial charge in [0, 0.05) is 17.1 Å². The van der Waals surface area contributed by atoms with Crippen molar-refractivity contribution in [3.63, 3.8) is 0 Å². The van der Waals surface area contributed by atoms with Crippen LogP contribution in [-0.2, 0) is 13.2 Å². The third-order valence-corrected chi connectivity index (χ3v) is 4.17. The summed E-state index contributed by atoms with van der Waals surface area (Å²) in [6.07, 6.45) is 0. The highest BCUT2D eigenvalue weighted by molar-refractivity contribution is 9.11. The molecule has 2 aromatic carbocycles. The molecule has 0 bridgehead atoms. The predicted octanol–water partition coefficient (Wildman–Crippen LogP) is 4.90. The van der Waals surface area contributed by atoms with E-state index in [1.807, 2.05) is 36.4 Å². The Morgan fingerprint density at radius 2 is 1.74 bits per heavy atom. The molecule has 0 radical (unpaired) electrons. The molecule has 0 aliphatic heterocycles. The quantitative estimate of drug-likeness (QED) is 0.785. The van der Waals surface area contributed by atoms with E-state index >= 15 is 0 Å². The molecule has 0 unspecified atom stereocenters. The van der Waals surface area contributed by atoms with E-state index < -0.39 is 0 Å². The molecule has 2 N–H and O–H groups in total. The van der Waals surface area contributed by atoms with Crippen molar-refractivity contribution >= 4 is 43.5 Å². The minimum absolute atomic E-state index is 0.416. The zero-order valence-electron chi connectivity index (χ0n) is 10.00. The fraction of sp³-hybridized carbons (Fsp3) is 0.143. The van der Waals surface area contributed by atoms with Crippen LogP contribution in [0.2, 0.25) is 5.02 Å². The number of nitrogens with two attached hydrogens (primary N) is 1. The summed E-state index contributed by atoms with van der Waals surface area (Å²) < 4.78 is 7.55. The Kier molecular flexibility index (Phi) is 5.28. The van der Waals surface area contributed by atoms with Gasteiger partial charge in [-0.15, -0.1) is 0 Å². The smallest absolute Gasteiger partial charge is 0.148 e. The van der Waals surface area contributed by atoms with Crippen molar-refractivity contribution in [1.29, 1.82) is 0 Å². The number of benzene rings is 2. The molecule has 0 aliphatic carbocycles. The molecule has 0 amide bonds. The molecule has 2 rings (SSSR count). The molecule has 0 saturated heterocycles. The summed E-state index contributed by atoms with van der Waals surface area (Å²) in [7, 11) is 0. The van der Waals surface area contributed by atoms with Crippen LogP contribution in [0, 0.1) is 0 Å². The van der Waals surface area contributed by atoms with E-state index in [1.54, 1.807) is 0 Å². The lowest BCUT2D eigenvalue weighted by atomic mass is 10.2. The summed E-state index contributed by atoms with van der Waals surface area (Å²) in [5, 5.41) is 0.702. The van der Waals surface area contributed by atoms with E-state index in [2.05, 4.69) is 31.9 Å². The van der Waals surface area contributed by atoms with Gasteiger partial charge < -0.3 is 10.5 Å². The molecule has 100 valence electrons. The Hall–Kier alpha value is -0.550. The summed E-state index contributed by atoms with van der Waals surface area (Å²) in [6, 6.07) is 11.5. The Bertz CT molecular complexity index is 566. The Balaban J connectivity index is 2.18. The zero-order valence-corrected chi connectivity index (χ0v) is 13.9. The van der Waals surface area contributed by atoms with Crippen molar-refractivity contribution in [2.45, 2.75) is 13.2 Å². The van der Waals surface area contributed by atoms with Crippen LogP contribution in [0.15, 0.2) is 45.3 Å². The van der Waals surface area contributed by atoms with Crippen molar-refractivity contribution in [1.82, 2.24) is 0 Å². The number of hydrogen-bond acceptors (Lipinski definition) is 2. The second-order valence-electron chi connectivity index (χ2n) is 3.97. The van der Waals surface area contributed by atoms with Crippen LogP contribution in [0.25, 0.3) is 0 Å². The van der Waals surface area contributed by atoms with Gasteiger partial charge in [-0.05, 0) is 55.6 Å². The van der Waals surface area contributed by atoms with Crippen LogP contribution in [-0.4, -0.2) is 0 Å². The van der Waals surface area contributed by atoms with Gasteiger partial charge in [-0.3, -0.25) is 0 Å². The Morgan fingerprint density at radius 3 is 2.32 bits per heavy atom. The summed E-state index contributed by atoms with van der Waals surface area (Å²) in [5.41, 5.74) is 7.60. The maximum absolute atomic E-state index is 6.10. The summed E-state index contributed by atoms with van der Waals surface area (Å²) in [4.78, 5) is 0. The molecule has 19 heavy (non-hydrogen) atoms. The van der Waals surface area contributed by atoms with E-state index in [1.165, 1.54) is 0 Å². The minimum atomic E-state index is 0.416. The molecule has 2 aromatic rings. The molecule has 0 aliphatic rings. The highest BCUT2D eigenvalue weighted by Gasteiger charge is 2.09. The van der Waals surface area contributed by atoms with E-state index in [0.29, 0.717) is 18.2 Å². The van der Waals surface area contributed by atoms with Gasteiger partial charge in [0.05, 0.1) is 8.95 Å². The Morgan fingerprint density at radius 1 is 1.11 bits per heavy atom. The van der Waals surface area contributed by atoms with Crippen molar-refractivity contribution in [2.75, 3.05) is 0 Å². The standard InChI is InChI=1S/C14H12Br2ClNO/c15-11-5-9(7-18)6-12(16)14(11)19-8-10-3-1-2-4-13(10)17/h1-6H,7-8,18H2. The number of ether oxygens (including phenoxy) is 1. The van der Waals surface area contributed by atoms with E-state index in [0.717, 1.165) is 25.8 Å². The Labute approximate surface area is 134 Å². The fourth-order valence-corrected chi connectivity index (χ4v) is 3.33. The lowest BCUT2D eigenvalue weighted by molar-refractivity contribution is 0.302. The summed E-state index contributed by atoms with van der Waals surface area (Å²) in [5.74, 6) is 0.747. The predicted molar refractivity (Wildman–Crippen MR) is 85.5 cm³/mol. The van der Waals surface area contributed by atoms with Gasteiger partial charge in [0.25, 0.3) is 0 Å². The van der Waals surface area contributed by atoms with Crippen molar-refractivity contribution < 1.29 is 4.74 Å². The van der Waals surface area contributed by atoms with E-state index in [9.17, 15) is 0 Å². The van der Waals surface area contributed by atoms with Crippen LogP contribution >= 0.6 is 43.5 Å². The largest absolute Gasteiger partial charge is 0.486 e. The number of hydrogen-bond donors (Lipinski definition) is 1. The normalized spacial score (nSPS) is 10.5. The first-order chi connectivity index (χ1) is 9.11. The molecule has 0 aromatic heterocycles. The first-order valence-electron chi connectivity index (χ1n) is 5.66. The third-order valence-electron chi connectivity index (χ3n) is 2.62. The SMILES string of the molecule is NCc1cc(Br)c(OCc2ccccc2Cl)c(Br)c1. The summed E-state index contributed by atoms with van der Waals surface area (Å²) >= 11 is 13.1. The van der Waals surface area contributed by atoms with E-state index in [4.69, 9.17) is 22.1 Å². The lowest BCUT2D eigenvalue weighted by Gasteiger charge is -2.12. The lowest BCUT2D eigenvalue weighted by Crippen LogP contribution is -2.00. The highest BCUT2D eigenvalue weighted by atomic mass is 79.9. The van der Waals surface area contributed by atoms with Gasteiger partial charge >= 0.3 is 0 Å². The molecule has 0 spiro atoms. The maximum atomic E-state index is 6.10. The van der Waals surface area contributed by atoms with Crippen LogP contribution in [0.3, 0.4) is 0 Å². The van der Waals surface area contributed by atoms with Crippen LogP contribution < -0.4 is 10.5 Å². The third kappa shape index (κ3) is 3.72. The first-order valence-corrected chi connectivity index (χ1v) is 7.62. The average molecular weight is 406 g/mol. The van der Waals surface area contributed by atoms with Crippen molar-refractivity contribution in [2.24, 2.45) is 5.73 Å². The molecular formula is C14H12Br2ClNO. The second-order valence-corrected chi connectivity index (χ2v) is 6.09. The van der Waals surface area contributed by atoms with Gasteiger partial charge in [-0.1, -0.05) is 29.8 Å².